The van der Waals surface area contributed by atoms with Gasteiger partial charge < -0.3 is 19.3 Å². The molecule has 0 bridgehead atoms. The van der Waals surface area contributed by atoms with Crippen molar-refractivity contribution in [2.75, 3.05) is 14.7 Å². The Morgan fingerprint density at radius 1 is 0.268 bits per heavy atom. The predicted molar refractivity (Wildman–Crippen MR) is 302 cm³/mol. The monoisotopic (exact) mass is 924 g/mol. The fraction of sp³-hybridized carbons (Fsp3) is 0. The molecule has 1 aliphatic rings. The number of fused-ring (bicyclic) bond motifs is 5. The van der Waals surface area contributed by atoms with E-state index < -0.39 is 8.07 Å². The molecule has 0 fully saturated rings. The summed E-state index contributed by atoms with van der Waals surface area (Å²) >= 11 is 0. The van der Waals surface area contributed by atoms with Crippen LogP contribution in [0.2, 0.25) is 0 Å². The van der Waals surface area contributed by atoms with Crippen LogP contribution in [0.1, 0.15) is 0 Å². The molecule has 0 saturated carbocycles. The molecule has 11 aromatic carbocycles. The van der Waals surface area contributed by atoms with Crippen molar-refractivity contribution in [3.05, 3.63) is 291 Å². The first-order valence-electron chi connectivity index (χ1n) is 24.3. The lowest BCUT2D eigenvalue weighted by molar-refractivity contribution is 1.16. The molecule has 4 nitrogen and oxygen atoms in total. The normalized spacial score (nSPS) is 12.6. The summed E-state index contributed by atoms with van der Waals surface area (Å²) in [6.45, 7) is 0. The second kappa shape index (κ2) is 17.7. The average Bonchev–Trinajstić information content (AvgIpc) is 3.78. The number of para-hydroxylation sites is 7. The summed E-state index contributed by atoms with van der Waals surface area (Å²) in [5.41, 5.74) is 13.3. The number of rotatable bonds is 10. The van der Waals surface area contributed by atoms with Gasteiger partial charge in [0.05, 0.1) is 28.1 Å². The number of hydrogen-bond acceptors (Lipinski definition) is 3. The first kappa shape index (κ1) is 42.0. The lowest BCUT2D eigenvalue weighted by Crippen LogP contribution is -2.77. The molecule has 0 atom stereocenters. The van der Waals surface area contributed by atoms with Crippen LogP contribution in [0.25, 0.3) is 27.5 Å². The third kappa shape index (κ3) is 7.05. The molecule has 0 radical (unpaired) electrons. The van der Waals surface area contributed by atoms with Crippen molar-refractivity contribution in [2.24, 2.45) is 0 Å². The third-order valence-electron chi connectivity index (χ3n) is 14.1. The zero-order valence-electron chi connectivity index (χ0n) is 39.0. The Balaban J connectivity index is 1.09. The van der Waals surface area contributed by atoms with Crippen LogP contribution in [0.5, 0.6) is 0 Å². The zero-order valence-corrected chi connectivity index (χ0v) is 40.0. The molecule has 0 aliphatic carbocycles. The standard InChI is InChI=1S/C66H48N4Si/c1-7-25-49(26-8-1)67(50-27-9-2-10-28-50)53-43-44-62-60(48-53)59-37-19-20-38-61(59)69(62)55-45-54(68(51-29-11-3-12-30-51)52-31-13-4-14-32-52)46-56(47-55)70-63-39-21-23-41-65(63)71(57-33-15-5-16-34-57,58-35-17-6-18-36-58)66-42-24-22-40-64(66)70/h1-48H. The molecule has 0 N–H and O–H groups in total. The summed E-state index contributed by atoms with van der Waals surface area (Å²) in [6.07, 6.45) is 0. The highest BCUT2D eigenvalue weighted by Gasteiger charge is 2.48. The van der Waals surface area contributed by atoms with E-state index in [1.165, 1.54) is 42.9 Å². The fourth-order valence-electron chi connectivity index (χ4n) is 11.2. The van der Waals surface area contributed by atoms with Gasteiger partial charge in [-0.25, -0.2) is 0 Å². The smallest absolute Gasteiger partial charge is 0.184 e. The highest BCUT2D eigenvalue weighted by molar-refractivity contribution is 7.21. The van der Waals surface area contributed by atoms with Crippen LogP contribution in [0.15, 0.2) is 291 Å². The van der Waals surface area contributed by atoms with Crippen LogP contribution < -0.4 is 35.4 Å². The second-order valence-electron chi connectivity index (χ2n) is 18.1. The first-order valence-corrected chi connectivity index (χ1v) is 26.3. The van der Waals surface area contributed by atoms with Crippen molar-refractivity contribution in [3.63, 3.8) is 0 Å². The van der Waals surface area contributed by atoms with Crippen molar-refractivity contribution in [1.29, 1.82) is 0 Å². The molecule has 2 heterocycles. The molecule has 0 amide bonds. The van der Waals surface area contributed by atoms with Crippen molar-refractivity contribution >= 4 is 102 Å². The fourth-order valence-corrected chi connectivity index (χ4v) is 16.3. The highest BCUT2D eigenvalue weighted by Crippen LogP contribution is 2.46. The largest absolute Gasteiger partial charge is 0.310 e. The Morgan fingerprint density at radius 3 is 1.17 bits per heavy atom. The van der Waals surface area contributed by atoms with Gasteiger partial charge in [0.1, 0.15) is 0 Å². The molecule has 71 heavy (non-hydrogen) atoms. The minimum absolute atomic E-state index is 1.05. The molecule has 13 rings (SSSR count). The van der Waals surface area contributed by atoms with Crippen molar-refractivity contribution in [3.8, 4) is 5.69 Å². The molecular weight excluding hydrogens is 877 g/mol. The van der Waals surface area contributed by atoms with Crippen molar-refractivity contribution < 1.29 is 0 Å². The average molecular weight is 925 g/mol. The summed E-state index contributed by atoms with van der Waals surface area (Å²) in [7, 11) is -2.86. The molecule has 0 spiro atoms. The lowest BCUT2D eigenvalue weighted by Gasteiger charge is -2.45. The SMILES string of the molecule is c1ccc(N(c2ccccc2)c2cc(N3c4ccccc4[Si](c4ccccc4)(c4ccccc4)c4ccccc43)cc(-n3c4ccccc4c4cc(N(c5ccccc5)c5ccccc5)ccc43)c2)cc1. The van der Waals surface area contributed by atoms with E-state index in [9.17, 15) is 0 Å². The van der Waals surface area contributed by atoms with E-state index in [0.29, 0.717) is 0 Å². The Kier molecular flexibility index (Phi) is 10.5. The molecule has 1 aliphatic heterocycles. The Hall–Kier alpha value is -9.16. The van der Waals surface area contributed by atoms with Gasteiger partial charge in [-0.1, -0.05) is 188 Å². The minimum Gasteiger partial charge on any atom is -0.310 e. The molecule has 1 aromatic heterocycles. The van der Waals surface area contributed by atoms with Gasteiger partial charge in [0.25, 0.3) is 0 Å². The summed E-state index contributed by atoms with van der Waals surface area (Å²) in [4.78, 5) is 7.28. The summed E-state index contributed by atoms with van der Waals surface area (Å²) in [5.74, 6) is 0. The third-order valence-corrected chi connectivity index (χ3v) is 19.0. The maximum atomic E-state index is 2.53. The van der Waals surface area contributed by atoms with Gasteiger partial charge in [-0.3, -0.25) is 0 Å². The van der Waals surface area contributed by atoms with Crippen LogP contribution in [-0.4, -0.2) is 12.6 Å². The Morgan fingerprint density at radius 2 is 0.662 bits per heavy atom. The molecule has 0 unspecified atom stereocenters. The summed E-state index contributed by atoms with van der Waals surface area (Å²) < 4.78 is 2.47. The summed E-state index contributed by atoms with van der Waals surface area (Å²) in [6, 6.07) is 107. The quantitative estimate of drug-likeness (QED) is 0.127. The van der Waals surface area contributed by atoms with E-state index in [1.807, 2.05) is 0 Å². The number of hydrogen-bond donors (Lipinski definition) is 0. The van der Waals surface area contributed by atoms with Gasteiger partial charge in [0.15, 0.2) is 8.07 Å². The molecule has 0 saturated heterocycles. The van der Waals surface area contributed by atoms with Gasteiger partial charge in [-0.2, -0.15) is 0 Å². The topological polar surface area (TPSA) is 14.7 Å². The maximum absolute atomic E-state index is 2.86. The van der Waals surface area contributed by atoms with Crippen molar-refractivity contribution in [1.82, 2.24) is 4.57 Å². The molecule has 336 valence electrons. The minimum atomic E-state index is -2.86. The number of nitrogens with zero attached hydrogens (tertiary/aromatic N) is 4. The predicted octanol–water partition coefficient (Wildman–Crippen LogP) is 14.9. The van der Waals surface area contributed by atoms with E-state index in [0.717, 1.165) is 56.5 Å². The number of anilines is 9. The molecular formula is C66H48N4Si. The first-order chi connectivity index (χ1) is 35.3. The van der Waals surface area contributed by atoms with Crippen LogP contribution >= 0.6 is 0 Å². The van der Waals surface area contributed by atoms with Gasteiger partial charge >= 0.3 is 0 Å². The van der Waals surface area contributed by atoms with E-state index in [1.54, 1.807) is 0 Å². The van der Waals surface area contributed by atoms with Crippen LogP contribution in [0.3, 0.4) is 0 Å². The molecule has 12 aromatic rings. The van der Waals surface area contributed by atoms with Crippen LogP contribution in [0, 0.1) is 0 Å². The summed E-state index contributed by atoms with van der Waals surface area (Å²) in [5, 5.41) is 7.81. The second-order valence-corrected chi connectivity index (χ2v) is 21.9. The highest BCUT2D eigenvalue weighted by atomic mass is 28.3. The van der Waals surface area contributed by atoms with Gasteiger partial charge in [-0.05, 0) is 124 Å². The number of aromatic nitrogens is 1. The lowest BCUT2D eigenvalue weighted by atomic mass is 10.1. The van der Waals surface area contributed by atoms with E-state index in [4.69, 9.17) is 0 Å². The van der Waals surface area contributed by atoms with E-state index >= 15 is 0 Å². The molecule has 5 heteroatoms. The Bertz CT molecular complexity index is 3660. The zero-order chi connectivity index (χ0) is 47.1. The maximum Gasteiger partial charge on any atom is 0.184 e. The van der Waals surface area contributed by atoms with Gasteiger partial charge in [0, 0.05) is 50.6 Å². The van der Waals surface area contributed by atoms with E-state index in [2.05, 4.69) is 310 Å². The number of benzene rings is 11. The van der Waals surface area contributed by atoms with Gasteiger partial charge in [0.2, 0.25) is 0 Å². The van der Waals surface area contributed by atoms with Gasteiger partial charge in [-0.15, -0.1) is 0 Å². The van der Waals surface area contributed by atoms with Crippen LogP contribution in [0.4, 0.5) is 51.2 Å². The van der Waals surface area contributed by atoms with Crippen LogP contribution in [-0.2, 0) is 0 Å². The van der Waals surface area contributed by atoms with E-state index in [-0.39, 0.29) is 0 Å². The Labute approximate surface area is 415 Å². The van der Waals surface area contributed by atoms with Crippen molar-refractivity contribution in [2.45, 2.75) is 0 Å².